The minimum absolute atomic E-state index is 0.111. The van der Waals surface area contributed by atoms with Crippen LogP contribution < -0.4 is 0 Å². The van der Waals surface area contributed by atoms with E-state index in [9.17, 15) is 4.79 Å². The van der Waals surface area contributed by atoms with Crippen molar-refractivity contribution in [3.05, 3.63) is 42.0 Å². The van der Waals surface area contributed by atoms with Gasteiger partial charge in [-0.05, 0) is 18.1 Å². The lowest BCUT2D eigenvalue weighted by atomic mass is 9.95. The maximum atomic E-state index is 12.6. The molecule has 0 bridgehead atoms. The molecule has 1 aliphatic rings. The van der Waals surface area contributed by atoms with Gasteiger partial charge < -0.3 is 4.74 Å². The number of ketones is 1. The number of rotatable bonds is 9. The highest BCUT2D eigenvalue weighted by Gasteiger charge is 2.21. The van der Waals surface area contributed by atoms with Crippen molar-refractivity contribution < 1.29 is 9.53 Å². The van der Waals surface area contributed by atoms with Gasteiger partial charge in [-0.25, -0.2) is 0 Å². The molecule has 1 aromatic carbocycles. The monoisotopic (exact) mass is 315 g/mol. The van der Waals surface area contributed by atoms with Crippen LogP contribution in [0.2, 0.25) is 0 Å². The van der Waals surface area contributed by atoms with Crippen molar-refractivity contribution in [2.45, 2.75) is 32.6 Å². The number of unbranched alkanes of at least 4 members (excludes halogenated alkanes) is 2. The van der Waals surface area contributed by atoms with Crippen molar-refractivity contribution in [3.63, 3.8) is 0 Å². The summed E-state index contributed by atoms with van der Waals surface area (Å²) in [4.78, 5) is 15.0. The summed E-state index contributed by atoms with van der Waals surface area (Å²) in [5.41, 5.74) is 1.08. The van der Waals surface area contributed by atoms with Crippen LogP contribution in [0.25, 0.3) is 6.08 Å². The molecule has 23 heavy (non-hydrogen) atoms. The highest BCUT2D eigenvalue weighted by atomic mass is 16.5. The molecule has 3 nitrogen and oxygen atoms in total. The Morgan fingerprint density at radius 3 is 2.65 bits per heavy atom. The van der Waals surface area contributed by atoms with Gasteiger partial charge in [0.2, 0.25) is 0 Å². The number of carbonyl (C=O) groups is 1. The molecule has 0 radical (unpaired) electrons. The summed E-state index contributed by atoms with van der Waals surface area (Å²) in [6.07, 6.45) is 8.23. The van der Waals surface area contributed by atoms with E-state index in [1.54, 1.807) is 6.08 Å². The summed E-state index contributed by atoms with van der Waals surface area (Å²) in [6.45, 7) is 6.53. The molecule has 1 fully saturated rings. The van der Waals surface area contributed by atoms with E-state index < -0.39 is 0 Å². The Hall–Kier alpha value is -1.45. The fourth-order valence-electron chi connectivity index (χ4n) is 2.94. The van der Waals surface area contributed by atoms with Gasteiger partial charge in [-0.2, -0.15) is 0 Å². The predicted molar refractivity (Wildman–Crippen MR) is 95.4 cm³/mol. The van der Waals surface area contributed by atoms with Gasteiger partial charge >= 0.3 is 0 Å². The summed E-state index contributed by atoms with van der Waals surface area (Å²) in [5.74, 6) is 0.371. The van der Waals surface area contributed by atoms with Gasteiger partial charge in [-0.1, -0.05) is 62.6 Å². The van der Waals surface area contributed by atoms with Gasteiger partial charge in [0.1, 0.15) is 0 Å². The van der Waals surface area contributed by atoms with E-state index in [1.807, 2.05) is 36.4 Å². The average Bonchev–Trinajstić information content (AvgIpc) is 2.61. The smallest absolute Gasteiger partial charge is 0.160 e. The number of hydrogen-bond donors (Lipinski definition) is 0. The molecule has 0 spiro atoms. The third kappa shape index (κ3) is 6.67. The van der Waals surface area contributed by atoms with Gasteiger partial charge in [0, 0.05) is 25.6 Å². The zero-order valence-electron chi connectivity index (χ0n) is 14.2. The molecule has 1 aliphatic heterocycles. The molecule has 0 aromatic heterocycles. The highest BCUT2D eigenvalue weighted by Crippen LogP contribution is 2.15. The second-order valence-corrected chi connectivity index (χ2v) is 6.25. The van der Waals surface area contributed by atoms with E-state index in [0.717, 1.165) is 51.3 Å². The number of ether oxygens (including phenoxy) is 1. The molecule has 126 valence electrons. The van der Waals surface area contributed by atoms with Crippen LogP contribution in [0.3, 0.4) is 0 Å². The van der Waals surface area contributed by atoms with Crippen LogP contribution in [-0.4, -0.2) is 43.5 Å². The molecule has 0 N–H and O–H groups in total. The fourth-order valence-corrected chi connectivity index (χ4v) is 2.94. The van der Waals surface area contributed by atoms with Crippen LogP contribution in [0, 0.1) is 5.92 Å². The number of allylic oxidation sites excluding steroid dienone is 1. The zero-order valence-corrected chi connectivity index (χ0v) is 14.2. The molecular formula is C20H29NO2. The Labute approximate surface area is 140 Å². The fraction of sp³-hybridized carbons (Fsp3) is 0.550. The van der Waals surface area contributed by atoms with Crippen molar-refractivity contribution in [1.29, 1.82) is 0 Å². The third-order valence-corrected chi connectivity index (χ3v) is 4.38. The van der Waals surface area contributed by atoms with Gasteiger partial charge in [0.15, 0.2) is 5.78 Å². The largest absolute Gasteiger partial charge is 0.379 e. The number of carbonyl (C=O) groups excluding carboxylic acids is 1. The van der Waals surface area contributed by atoms with Crippen LogP contribution in [0.15, 0.2) is 36.4 Å². The van der Waals surface area contributed by atoms with Gasteiger partial charge in [-0.3, -0.25) is 9.69 Å². The molecule has 2 rings (SSSR count). The van der Waals surface area contributed by atoms with Crippen LogP contribution in [0.1, 0.15) is 38.2 Å². The van der Waals surface area contributed by atoms with Crippen molar-refractivity contribution in [1.82, 2.24) is 4.90 Å². The maximum absolute atomic E-state index is 12.6. The first kappa shape index (κ1) is 17.9. The normalized spacial score (nSPS) is 17.4. The Bertz CT molecular complexity index is 478. The maximum Gasteiger partial charge on any atom is 0.160 e. The molecular weight excluding hydrogens is 286 g/mol. The van der Waals surface area contributed by atoms with Crippen LogP contribution in [-0.2, 0) is 9.53 Å². The van der Waals surface area contributed by atoms with E-state index in [4.69, 9.17) is 4.74 Å². The first-order chi connectivity index (χ1) is 11.3. The quantitative estimate of drug-likeness (QED) is 0.513. The number of hydrogen-bond acceptors (Lipinski definition) is 3. The summed E-state index contributed by atoms with van der Waals surface area (Å²) >= 11 is 0. The van der Waals surface area contributed by atoms with E-state index in [-0.39, 0.29) is 11.7 Å². The Balaban J connectivity index is 1.93. The Kier molecular flexibility index (Phi) is 8.05. The molecule has 1 atom stereocenters. The Morgan fingerprint density at radius 2 is 1.96 bits per heavy atom. The minimum atomic E-state index is 0.111. The molecule has 0 unspecified atom stereocenters. The lowest BCUT2D eigenvalue weighted by Gasteiger charge is -2.29. The number of nitrogens with zero attached hydrogens (tertiary/aromatic N) is 1. The number of benzene rings is 1. The van der Waals surface area contributed by atoms with Crippen molar-refractivity contribution in [3.8, 4) is 0 Å². The summed E-state index contributed by atoms with van der Waals surface area (Å²) in [6, 6.07) is 10.0. The lowest BCUT2D eigenvalue weighted by molar-refractivity contribution is -0.119. The zero-order chi connectivity index (χ0) is 16.3. The predicted octanol–water partition coefficient (Wildman–Crippen LogP) is 3.80. The highest BCUT2D eigenvalue weighted by molar-refractivity contribution is 5.95. The second-order valence-electron chi connectivity index (χ2n) is 6.25. The minimum Gasteiger partial charge on any atom is -0.379 e. The number of morpholine rings is 1. The van der Waals surface area contributed by atoms with E-state index >= 15 is 0 Å². The van der Waals surface area contributed by atoms with Gasteiger partial charge in [0.25, 0.3) is 0 Å². The van der Waals surface area contributed by atoms with Crippen LogP contribution >= 0.6 is 0 Å². The van der Waals surface area contributed by atoms with Crippen molar-refractivity contribution in [2.24, 2.45) is 5.92 Å². The van der Waals surface area contributed by atoms with E-state index in [2.05, 4.69) is 11.8 Å². The molecule has 1 aromatic rings. The third-order valence-electron chi connectivity index (χ3n) is 4.38. The van der Waals surface area contributed by atoms with Crippen LogP contribution in [0.4, 0.5) is 0 Å². The topological polar surface area (TPSA) is 29.5 Å². The summed E-state index contributed by atoms with van der Waals surface area (Å²) in [5, 5.41) is 0. The average molecular weight is 315 g/mol. The molecule has 1 saturated heterocycles. The van der Waals surface area contributed by atoms with Crippen molar-refractivity contribution >= 4 is 11.9 Å². The lowest BCUT2D eigenvalue weighted by Crippen LogP contribution is -2.40. The molecule has 3 heteroatoms. The first-order valence-electron chi connectivity index (χ1n) is 8.86. The molecule has 1 heterocycles. The SMILES string of the molecule is CCCCC[C@H](CN1CCOCC1)C(=O)/C=C/c1ccccc1. The summed E-state index contributed by atoms with van der Waals surface area (Å²) < 4.78 is 5.41. The molecule has 0 amide bonds. The van der Waals surface area contributed by atoms with Gasteiger partial charge in [0.05, 0.1) is 13.2 Å². The second kappa shape index (κ2) is 10.3. The van der Waals surface area contributed by atoms with Crippen molar-refractivity contribution in [2.75, 3.05) is 32.8 Å². The summed E-state index contributed by atoms with van der Waals surface area (Å²) in [7, 11) is 0. The standard InChI is InChI=1S/C20H29NO2/c1-2-3-5-10-19(17-21-13-15-23-16-14-21)20(22)12-11-18-8-6-4-7-9-18/h4,6-9,11-12,19H,2-3,5,10,13-17H2,1H3/b12-11+/t19-/m1/s1. The van der Waals surface area contributed by atoms with Crippen LogP contribution in [0.5, 0.6) is 0 Å². The van der Waals surface area contributed by atoms with Gasteiger partial charge in [-0.15, -0.1) is 0 Å². The Morgan fingerprint density at radius 1 is 1.22 bits per heavy atom. The first-order valence-corrected chi connectivity index (χ1v) is 8.86. The van der Waals surface area contributed by atoms with E-state index in [0.29, 0.717) is 0 Å². The molecule has 0 saturated carbocycles. The van der Waals surface area contributed by atoms with E-state index in [1.165, 1.54) is 12.8 Å². The molecule has 0 aliphatic carbocycles.